The first-order valence-electron chi connectivity index (χ1n) is 10.3. The minimum absolute atomic E-state index is 0.113. The van der Waals surface area contributed by atoms with Crippen LogP contribution in [0.25, 0.3) is 11.0 Å². The Balaban J connectivity index is 1.65. The van der Waals surface area contributed by atoms with Gasteiger partial charge in [0, 0.05) is 22.9 Å². The topological polar surface area (TPSA) is 105 Å². The normalized spacial score (nSPS) is 19.8. The average molecular weight is 471 g/mol. The van der Waals surface area contributed by atoms with Gasteiger partial charge in [-0.05, 0) is 43.5 Å². The van der Waals surface area contributed by atoms with Gasteiger partial charge in [0.05, 0.1) is 23.2 Å². The van der Waals surface area contributed by atoms with Crippen molar-refractivity contribution in [3.63, 3.8) is 0 Å². The van der Waals surface area contributed by atoms with E-state index in [2.05, 4.69) is 31.5 Å². The van der Waals surface area contributed by atoms with E-state index in [-0.39, 0.29) is 5.91 Å². The summed E-state index contributed by atoms with van der Waals surface area (Å²) in [6.45, 7) is 2.01. The molecule has 0 spiro atoms. The number of rotatable bonds is 5. The second kappa shape index (κ2) is 7.63. The third kappa shape index (κ3) is 3.45. The van der Waals surface area contributed by atoms with Crippen LogP contribution in [0.15, 0.2) is 28.9 Å². The molecule has 1 aromatic carbocycles. The molecule has 0 bridgehead atoms. The molecule has 2 unspecified atom stereocenters. The van der Waals surface area contributed by atoms with Crippen LogP contribution < -0.4 is 10.6 Å². The predicted molar refractivity (Wildman–Crippen MR) is 118 cm³/mol. The first-order chi connectivity index (χ1) is 14.5. The van der Waals surface area contributed by atoms with Crippen LogP contribution in [0.3, 0.4) is 0 Å². The van der Waals surface area contributed by atoms with E-state index in [4.69, 9.17) is 10.1 Å². The van der Waals surface area contributed by atoms with E-state index in [1.54, 1.807) is 6.92 Å². The minimum atomic E-state index is -0.546. The SMILES string of the molecule is CC(O)CNc1nc(C2C(=O)Nc3ccc(Br)cc32)c2cn(C3CCCC3)nc2n1. The third-order valence-corrected chi connectivity index (χ3v) is 6.29. The zero-order valence-corrected chi connectivity index (χ0v) is 18.2. The van der Waals surface area contributed by atoms with E-state index in [1.807, 2.05) is 29.1 Å². The summed E-state index contributed by atoms with van der Waals surface area (Å²) in [6, 6.07) is 6.12. The molecule has 0 radical (unpaired) electrons. The Kier molecular flexibility index (Phi) is 4.94. The minimum Gasteiger partial charge on any atom is -0.392 e. The van der Waals surface area contributed by atoms with Crippen LogP contribution in [0.1, 0.15) is 55.8 Å². The van der Waals surface area contributed by atoms with E-state index in [0.717, 1.165) is 34.0 Å². The highest BCUT2D eigenvalue weighted by molar-refractivity contribution is 9.10. The van der Waals surface area contributed by atoms with Gasteiger partial charge in [-0.2, -0.15) is 10.1 Å². The van der Waals surface area contributed by atoms with Gasteiger partial charge < -0.3 is 15.7 Å². The average Bonchev–Trinajstić information content (AvgIpc) is 3.43. The number of anilines is 2. The maximum absolute atomic E-state index is 13.0. The van der Waals surface area contributed by atoms with Crippen LogP contribution in [0.5, 0.6) is 0 Å². The fourth-order valence-electron chi connectivity index (χ4n) is 4.34. The molecule has 0 saturated heterocycles. The summed E-state index contributed by atoms with van der Waals surface area (Å²) in [5.41, 5.74) is 2.87. The molecule has 3 aromatic rings. The van der Waals surface area contributed by atoms with E-state index in [1.165, 1.54) is 12.8 Å². The Labute approximate surface area is 182 Å². The van der Waals surface area contributed by atoms with Crippen molar-refractivity contribution in [1.29, 1.82) is 0 Å². The van der Waals surface area contributed by atoms with Gasteiger partial charge >= 0.3 is 0 Å². The lowest BCUT2D eigenvalue weighted by atomic mass is 9.95. The fourth-order valence-corrected chi connectivity index (χ4v) is 4.72. The predicted octanol–water partition coefficient (Wildman–Crippen LogP) is 3.58. The van der Waals surface area contributed by atoms with Crippen molar-refractivity contribution in [2.45, 2.75) is 50.7 Å². The number of aliphatic hydroxyl groups is 1. The van der Waals surface area contributed by atoms with E-state index in [9.17, 15) is 9.90 Å². The second-order valence-corrected chi connectivity index (χ2v) is 9.02. The molecule has 30 heavy (non-hydrogen) atoms. The van der Waals surface area contributed by atoms with Crippen LogP contribution >= 0.6 is 15.9 Å². The number of carbonyl (C=O) groups excluding carboxylic acids is 1. The molecule has 3 heterocycles. The van der Waals surface area contributed by atoms with E-state index in [0.29, 0.717) is 29.9 Å². The molecule has 2 aromatic heterocycles. The van der Waals surface area contributed by atoms with Crippen molar-refractivity contribution in [2.24, 2.45) is 0 Å². The van der Waals surface area contributed by atoms with Gasteiger partial charge in [-0.1, -0.05) is 28.8 Å². The summed E-state index contributed by atoms with van der Waals surface area (Å²) in [5, 5.41) is 21.2. The monoisotopic (exact) mass is 470 g/mol. The van der Waals surface area contributed by atoms with Gasteiger partial charge in [0.2, 0.25) is 11.9 Å². The molecule has 1 saturated carbocycles. The first kappa shape index (κ1) is 19.4. The largest absolute Gasteiger partial charge is 0.392 e. The molecule has 2 aliphatic rings. The fraction of sp³-hybridized carbons (Fsp3) is 0.429. The number of aliphatic hydroxyl groups excluding tert-OH is 1. The molecule has 8 nitrogen and oxygen atoms in total. The van der Waals surface area contributed by atoms with Gasteiger partial charge in [0.25, 0.3) is 0 Å². The number of halogens is 1. The number of aromatic nitrogens is 4. The molecule has 156 valence electrons. The van der Waals surface area contributed by atoms with Crippen LogP contribution in [0, 0.1) is 0 Å². The number of benzene rings is 1. The number of hydrogen-bond donors (Lipinski definition) is 3. The molecule has 9 heteroatoms. The Morgan fingerprint density at radius 3 is 2.90 bits per heavy atom. The molecular weight excluding hydrogens is 448 g/mol. The quantitative estimate of drug-likeness (QED) is 0.526. The zero-order chi connectivity index (χ0) is 20.8. The maximum atomic E-state index is 13.0. The lowest BCUT2D eigenvalue weighted by Gasteiger charge is -2.13. The van der Waals surface area contributed by atoms with Gasteiger partial charge in [0.1, 0.15) is 5.92 Å². The standard InChI is InChI=1S/C21H23BrN6O2/c1-11(29)9-23-21-25-18(17-14-8-12(22)6-7-16(14)24-20(17)30)15-10-28(27-19(15)26-21)13-4-2-3-5-13/h6-8,10-11,13,17,29H,2-5,9H2,1H3,(H,24,30)(H,23,26,27). The van der Waals surface area contributed by atoms with Crippen molar-refractivity contribution < 1.29 is 9.90 Å². The Bertz CT molecular complexity index is 1120. The molecular formula is C21H23BrN6O2. The van der Waals surface area contributed by atoms with Crippen molar-refractivity contribution in [3.05, 3.63) is 40.1 Å². The molecule has 1 aliphatic carbocycles. The lowest BCUT2D eigenvalue weighted by Crippen LogP contribution is -2.19. The van der Waals surface area contributed by atoms with Crippen LogP contribution in [-0.2, 0) is 4.79 Å². The molecule has 1 fully saturated rings. The van der Waals surface area contributed by atoms with Gasteiger partial charge in [-0.15, -0.1) is 0 Å². The van der Waals surface area contributed by atoms with Crippen LogP contribution in [-0.4, -0.2) is 43.4 Å². The van der Waals surface area contributed by atoms with Gasteiger partial charge in [-0.25, -0.2) is 4.98 Å². The summed E-state index contributed by atoms with van der Waals surface area (Å²) in [5.74, 6) is -0.291. The number of nitrogens with one attached hydrogen (secondary N) is 2. The Morgan fingerprint density at radius 1 is 1.33 bits per heavy atom. The first-order valence-corrected chi connectivity index (χ1v) is 11.1. The highest BCUT2D eigenvalue weighted by atomic mass is 79.9. The summed E-state index contributed by atoms with van der Waals surface area (Å²) in [7, 11) is 0. The number of carbonyl (C=O) groups is 1. The molecule has 2 atom stereocenters. The van der Waals surface area contributed by atoms with Crippen molar-refractivity contribution in [2.75, 3.05) is 17.2 Å². The summed E-state index contributed by atoms with van der Waals surface area (Å²) >= 11 is 3.51. The Morgan fingerprint density at radius 2 is 2.13 bits per heavy atom. The summed E-state index contributed by atoms with van der Waals surface area (Å²) in [4.78, 5) is 22.2. The smallest absolute Gasteiger partial charge is 0.238 e. The number of hydrogen-bond acceptors (Lipinski definition) is 6. The summed E-state index contributed by atoms with van der Waals surface area (Å²) < 4.78 is 2.89. The van der Waals surface area contributed by atoms with Gasteiger partial charge in [-0.3, -0.25) is 9.48 Å². The highest BCUT2D eigenvalue weighted by Crippen LogP contribution is 2.41. The summed E-state index contributed by atoms with van der Waals surface area (Å²) in [6.07, 6.45) is 6.05. The number of amides is 1. The zero-order valence-electron chi connectivity index (χ0n) is 16.6. The van der Waals surface area contributed by atoms with Crippen molar-refractivity contribution in [1.82, 2.24) is 19.7 Å². The van der Waals surface area contributed by atoms with Crippen LogP contribution in [0.2, 0.25) is 0 Å². The second-order valence-electron chi connectivity index (χ2n) is 8.10. The molecule has 3 N–H and O–H groups in total. The van der Waals surface area contributed by atoms with Crippen molar-refractivity contribution in [3.8, 4) is 0 Å². The Hall–Kier alpha value is -2.52. The third-order valence-electron chi connectivity index (χ3n) is 5.80. The number of fused-ring (bicyclic) bond motifs is 2. The maximum Gasteiger partial charge on any atom is 0.238 e. The van der Waals surface area contributed by atoms with Gasteiger partial charge in [0.15, 0.2) is 5.65 Å². The highest BCUT2D eigenvalue weighted by Gasteiger charge is 2.36. The lowest BCUT2D eigenvalue weighted by molar-refractivity contribution is -0.116. The molecule has 5 rings (SSSR count). The van der Waals surface area contributed by atoms with E-state index >= 15 is 0 Å². The van der Waals surface area contributed by atoms with Crippen LogP contribution in [0.4, 0.5) is 11.6 Å². The number of nitrogens with zero attached hydrogens (tertiary/aromatic N) is 4. The van der Waals surface area contributed by atoms with Crippen molar-refractivity contribution >= 4 is 44.5 Å². The molecule has 1 aliphatic heterocycles. The van der Waals surface area contributed by atoms with E-state index < -0.39 is 12.0 Å². The molecule has 1 amide bonds.